The fraction of sp³-hybridized carbons (Fsp3) is 0.632. The third-order valence-corrected chi connectivity index (χ3v) is 5.91. The summed E-state index contributed by atoms with van der Waals surface area (Å²) in [4.78, 5) is 9.22. The largest absolute Gasteiger partial charge is 0.352 e. The summed E-state index contributed by atoms with van der Waals surface area (Å²) in [6, 6.07) is 8.85. The van der Waals surface area contributed by atoms with Gasteiger partial charge in [0.25, 0.3) is 0 Å². The fourth-order valence-corrected chi connectivity index (χ4v) is 4.11. The van der Waals surface area contributed by atoms with E-state index in [-0.39, 0.29) is 24.0 Å². The second-order valence-corrected chi connectivity index (χ2v) is 7.81. The molecule has 0 saturated carbocycles. The molecule has 1 aliphatic rings. The van der Waals surface area contributed by atoms with E-state index < -0.39 is 0 Å². The number of benzene rings is 1. The monoisotopic (exact) mass is 476 g/mol. The van der Waals surface area contributed by atoms with Gasteiger partial charge in [0.05, 0.1) is 0 Å². The Morgan fingerprint density at radius 2 is 2.12 bits per heavy atom. The first kappa shape index (κ1) is 22.6. The quantitative estimate of drug-likeness (QED) is 0.386. The highest BCUT2D eigenvalue weighted by Crippen LogP contribution is 2.21. The number of halogens is 1. The summed E-state index contributed by atoms with van der Waals surface area (Å²) in [5.41, 5.74) is 2.69. The summed E-state index contributed by atoms with van der Waals surface area (Å²) in [6.45, 7) is 9.55. The third-order valence-electron chi connectivity index (χ3n) is 4.54. The molecule has 0 aromatic heterocycles. The van der Waals surface area contributed by atoms with Gasteiger partial charge < -0.3 is 15.1 Å². The summed E-state index contributed by atoms with van der Waals surface area (Å²) in [7, 11) is 4.04. The summed E-state index contributed by atoms with van der Waals surface area (Å²) in [5.74, 6) is 2.22. The summed E-state index contributed by atoms with van der Waals surface area (Å²) in [6.07, 6.45) is 1.23. The van der Waals surface area contributed by atoms with E-state index in [1.54, 1.807) is 0 Å². The van der Waals surface area contributed by atoms with E-state index in [2.05, 4.69) is 77.0 Å². The number of hydrogen-bond acceptors (Lipinski definition) is 3. The minimum absolute atomic E-state index is 0. The van der Waals surface area contributed by atoms with Crippen LogP contribution < -0.4 is 5.32 Å². The highest BCUT2D eigenvalue weighted by molar-refractivity contribution is 14.0. The zero-order valence-corrected chi connectivity index (χ0v) is 19.1. The number of thioether (sulfide) groups is 1. The number of nitrogens with one attached hydrogen (secondary N) is 1. The van der Waals surface area contributed by atoms with Gasteiger partial charge in [-0.3, -0.25) is 4.99 Å². The topological polar surface area (TPSA) is 30.9 Å². The summed E-state index contributed by atoms with van der Waals surface area (Å²) >= 11 is 2.09. The maximum atomic E-state index is 4.49. The van der Waals surface area contributed by atoms with E-state index >= 15 is 0 Å². The van der Waals surface area contributed by atoms with Crippen LogP contribution in [0.2, 0.25) is 0 Å². The van der Waals surface area contributed by atoms with Crippen molar-refractivity contribution in [1.82, 2.24) is 15.1 Å². The molecule has 0 amide bonds. The highest BCUT2D eigenvalue weighted by atomic mass is 127. The van der Waals surface area contributed by atoms with Gasteiger partial charge in [0, 0.05) is 44.2 Å². The van der Waals surface area contributed by atoms with Gasteiger partial charge in [-0.1, -0.05) is 38.1 Å². The second kappa shape index (κ2) is 12.0. The lowest BCUT2D eigenvalue weighted by Crippen LogP contribution is -2.47. The summed E-state index contributed by atoms with van der Waals surface area (Å²) < 4.78 is 0. The first-order valence-electron chi connectivity index (χ1n) is 8.99. The Morgan fingerprint density at radius 1 is 1.36 bits per heavy atom. The van der Waals surface area contributed by atoms with Crippen molar-refractivity contribution < 1.29 is 0 Å². The molecule has 1 fully saturated rings. The Labute approximate surface area is 174 Å². The Bertz CT molecular complexity index is 538. The lowest BCUT2D eigenvalue weighted by molar-refractivity contribution is 0.345. The van der Waals surface area contributed by atoms with Crippen LogP contribution in [-0.2, 0) is 13.1 Å². The Balaban J connectivity index is 0.00000312. The van der Waals surface area contributed by atoms with Gasteiger partial charge in [0.2, 0.25) is 0 Å². The van der Waals surface area contributed by atoms with E-state index in [0.29, 0.717) is 0 Å². The molecular weight excluding hydrogens is 443 g/mol. The van der Waals surface area contributed by atoms with Gasteiger partial charge in [-0.15, -0.1) is 24.0 Å². The maximum Gasteiger partial charge on any atom is 0.193 e. The molecule has 25 heavy (non-hydrogen) atoms. The molecule has 1 atom stereocenters. The predicted octanol–water partition coefficient (Wildman–Crippen LogP) is 3.66. The van der Waals surface area contributed by atoms with Crippen LogP contribution in [0.1, 0.15) is 31.4 Å². The molecule has 142 valence electrons. The van der Waals surface area contributed by atoms with Crippen LogP contribution in [0.4, 0.5) is 0 Å². The normalized spacial score (nSPS) is 18.2. The lowest BCUT2D eigenvalue weighted by atomic mass is 10.1. The van der Waals surface area contributed by atoms with Crippen molar-refractivity contribution in [1.29, 1.82) is 0 Å². The van der Waals surface area contributed by atoms with Crippen LogP contribution in [0.25, 0.3) is 0 Å². The van der Waals surface area contributed by atoms with Crippen molar-refractivity contribution in [2.45, 2.75) is 38.6 Å². The van der Waals surface area contributed by atoms with Gasteiger partial charge in [-0.25, -0.2) is 0 Å². The zero-order chi connectivity index (χ0) is 17.4. The van der Waals surface area contributed by atoms with Crippen molar-refractivity contribution in [2.24, 2.45) is 4.99 Å². The Hall–Kier alpha value is -0.470. The number of guanidine groups is 1. The third kappa shape index (κ3) is 7.35. The van der Waals surface area contributed by atoms with Gasteiger partial charge in [-0.2, -0.15) is 11.8 Å². The van der Waals surface area contributed by atoms with Crippen molar-refractivity contribution in [2.75, 3.05) is 39.5 Å². The second-order valence-electron chi connectivity index (χ2n) is 6.40. The first-order valence-corrected chi connectivity index (χ1v) is 10.0. The van der Waals surface area contributed by atoms with Crippen molar-refractivity contribution in [3.8, 4) is 0 Å². The number of hydrogen-bond donors (Lipinski definition) is 1. The molecule has 1 aromatic carbocycles. The molecule has 0 bridgehead atoms. The van der Waals surface area contributed by atoms with Crippen molar-refractivity contribution in [3.63, 3.8) is 0 Å². The average Bonchev–Trinajstić information content (AvgIpc) is 2.62. The van der Waals surface area contributed by atoms with E-state index in [0.717, 1.165) is 43.9 Å². The van der Waals surface area contributed by atoms with Gasteiger partial charge in [0.1, 0.15) is 0 Å². The van der Waals surface area contributed by atoms with Crippen LogP contribution in [-0.4, -0.2) is 60.5 Å². The molecule has 4 nitrogen and oxygen atoms in total. The van der Waals surface area contributed by atoms with Gasteiger partial charge in [0.15, 0.2) is 5.96 Å². The van der Waals surface area contributed by atoms with Crippen LogP contribution >= 0.6 is 35.7 Å². The van der Waals surface area contributed by atoms with Crippen LogP contribution in [0.5, 0.6) is 0 Å². The Kier molecular flexibility index (Phi) is 10.8. The molecule has 0 radical (unpaired) electrons. The molecule has 2 rings (SSSR count). The lowest BCUT2D eigenvalue weighted by Gasteiger charge is -2.34. The number of nitrogens with zero attached hydrogens (tertiary/aromatic N) is 3. The SMILES string of the molecule is CCC1CN(C(=NC)NCc2cccc(CN(C)CC)c2)CCS1.I. The smallest absolute Gasteiger partial charge is 0.193 e. The van der Waals surface area contributed by atoms with E-state index in [1.807, 2.05) is 7.05 Å². The maximum absolute atomic E-state index is 4.49. The average molecular weight is 476 g/mol. The molecule has 1 unspecified atom stereocenters. The van der Waals surface area contributed by atoms with E-state index in [9.17, 15) is 0 Å². The fourth-order valence-electron chi connectivity index (χ4n) is 2.93. The van der Waals surface area contributed by atoms with Crippen molar-refractivity contribution in [3.05, 3.63) is 35.4 Å². The van der Waals surface area contributed by atoms with E-state index in [4.69, 9.17) is 0 Å². The van der Waals surface area contributed by atoms with Crippen LogP contribution in [0.15, 0.2) is 29.3 Å². The molecule has 1 aliphatic heterocycles. The van der Waals surface area contributed by atoms with Crippen molar-refractivity contribution >= 4 is 41.7 Å². The van der Waals surface area contributed by atoms with Crippen LogP contribution in [0.3, 0.4) is 0 Å². The van der Waals surface area contributed by atoms with E-state index in [1.165, 1.54) is 23.3 Å². The molecule has 1 heterocycles. The molecule has 1 aromatic rings. The molecule has 1 saturated heterocycles. The molecule has 0 spiro atoms. The minimum Gasteiger partial charge on any atom is -0.352 e. The van der Waals surface area contributed by atoms with Gasteiger partial charge >= 0.3 is 0 Å². The standard InChI is InChI=1S/C19H32N4S.HI/c1-5-18-15-23(10-11-24-18)19(20-3)21-13-16-8-7-9-17(12-16)14-22(4)6-2;/h7-9,12,18H,5-6,10-11,13-15H2,1-4H3,(H,20,21);1H. The molecular formula is C19H33IN4S. The Morgan fingerprint density at radius 3 is 2.80 bits per heavy atom. The van der Waals surface area contributed by atoms with Crippen LogP contribution in [0, 0.1) is 0 Å². The molecule has 1 N–H and O–H groups in total. The molecule has 6 heteroatoms. The summed E-state index contributed by atoms with van der Waals surface area (Å²) in [5, 5.41) is 4.27. The highest BCUT2D eigenvalue weighted by Gasteiger charge is 2.21. The number of aliphatic imine (C=N–C) groups is 1. The minimum atomic E-state index is 0. The zero-order valence-electron chi connectivity index (χ0n) is 16.0. The number of rotatable bonds is 6. The molecule has 0 aliphatic carbocycles. The predicted molar refractivity (Wildman–Crippen MR) is 122 cm³/mol. The first-order chi connectivity index (χ1) is 11.7. The van der Waals surface area contributed by atoms with Gasteiger partial charge in [-0.05, 0) is 31.1 Å².